The second-order valence-electron chi connectivity index (χ2n) is 7.99. The van der Waals surface area contributed by atoms with Crippen LogP contribution >= 0.6 is 0 Å². The van der Waals surface area contributed by atoms with Crippen molar-refractivity contribution in [1.29, 1.82) is 0 Å². The fourth-order valence-electron chi connectivity index (χ4n) is 4.34. The van der Waals surface area contributed by atoms with Crippen LogP contribution in [-0.4, -0.2) is 24.6 Å². The van der Waals surface area contributed by atoms with Crippen molar-refractivity contribution in [3.05, 3.63) is 78.3 Å². The summed E-state index contributed by atoms with van der Waals surface area (Å²) >= 11 is 0. The summed E-state index contributed by atoms with van der Waals surface area (Å²) in [5, 5.41) is 3.16. The number of amides is 2. The molecule has 7 nitrogen and oxygen atoms in total. The van der Waals surface area contributed by atoms with Crippen molar-refractivity contribution in [3.8, 4) is 11.5 Å². The summed E-state index contributed by atoms with van der Waals surface area (Å²) in [5.74, 6) is 0.649. The molecule has 0 saturated heterocycles. The first-order chi connectivity index (χ1) is 15.7. The van der Waals surface area contributed by atoms with Crippen LogP contribution in [0, 0.1) is 0 Å². The van der Waals surface area contributed by atoms with E-state index in [2.05, 4.69) is 5.32 Å². The zero-order valence-corrected chi connectivity index (χ0v) is 17.5. The Labute approximate surface area is 185 Å². The van der Waals surface area contributed by atoms with Crippen molar-refractivity contribution >= 4 is 17.5 Å². The minimum absolute atomic E-state index is 0.117. The number of benzene rings is 2. The van der Waals surface area contributed by atoms with Crippen LogP contribution in [0.15, 0.2) is 71.3 Å². The van der Waals surface area contributed by atoms with Crippen molar-refractivity contribution < 1.29 is 23.5 Å². The van der Waals surface area contributed by atoms with E-state index in [-0.39, 0.29) is 24.5 Å². The Morgan fingerprint density at radius 2 is 1.72 bits per heavy atom. The van der Waals surface area contributed by atoms with E-state index in [1.807, 2.05) is 30.3 Å². The number of hydrogen-bond acceptors (Lipinski definition) is 5. The van der Waals surface area contributed by atoms with Gasteiger partial charge < -0.3 is 19.2 Å². The maximum absolute atomic E-state index is 13.6. The molecule has 1 aromatic heterocycles. The van der Waals surface area contributed by atoms with Gasteiger partial charge in [-0.2, -0.15) is 0 Å². The van der Waals surface area contributed by atoms with E-state index in [1.54, 1.807) is 30.3 Å². The lowest BCUT2D eigenvalue weighted by atomic mass is 10.0. The van der Waals surface area contributed by atoms with Crippen LogP contribution in [0.3, 0.4) is 0 Å². The molecule has 32 heavy (non-hydrogen) atoms. The second kappa shape index (κ2) is 8.78. The van der Waals surface area contributed by atoms with Crippen LogP contribution in [0.25, 0.3) is 0 Å². The van der Waals surface area contributed by atoms with Gasteiger partial charge in [0.1, 0.15) is 6.04 Å². The Morgan fingerprint density at radius 1 is 0.938 bits per heavy atom. The first-order valence-electron chi connectivity index (χ1n) is 10.8. The first-order valence-corrected chi connectivity index (χ1v) is 10.8. The Kier molecular flexibility index (Phi) is 5.54. The van der Waals surface area contributed by atoms with E-state index in [1.165, 1.54) is 11.2 Å². The zero-order chi connectivity index (χ0) is 21.9. The highest BCUT2D eigenvalue weighted by Gasteiger charge is 2.36. The Morgan fingerprint density at radius 3 is 2.47 bits per heavy atom. The highest BCUT2D eigenvalue weighted by atomic mass is 16.7. The number of furan rings is 1. The fourth-order valence-corrected chi connectivity index (χ4v) is 4.34. The van der Waals surface area contributed by atoms with Gasteiger partial charge in [-0.3, -0.25) is 14.5 Å². The van der Waals surface area contributed by atoms with Crippen LogP contribution < -0.4 is 19.7 Å². The van der Waals surface area contributed by atoms with Crippen molar-refractivity contribution in [2.75, 3.05) is 11.7 Å². The molecular formula is C25H24N2O5. The molecule has 3 aromatic rings. The van der Waals surface area contributed by atoms with E-state index < -0.39 is 11.9 Å². The van der Waals surface area contributed by atoms with E-state index in [0.29, 0.717) is 22.7 Å². The number of rotatable bonds is 6. The van der Waals surface area contributed by atoms with Crippen LogP contribution in [0.4, 0.5) is 5.69 Å². The maximum Gasteiger partial charge on any atom is 0.294 e. The predicted molar refractivity (Wildman–Crippen MR) is 118 cm³/mol. The summed E-state index contributed by atoms with van der Waals surface area (Å²) in [5.41, 5.74) is 1.23. The highest BCUT2D eigenvalue weighted by molar-refractivity contribution is 6.08. The van der Waals surface area contributed by atoms with Crippen LogP contribution in [0.2, 0.25) is 0 Å². The van der Waals surface area contributed by atoms with Crippen LogP contribution in [0.1, 0.15) is 47.8 Å². The fraction of sp³-hybridized carbons (Fsp3) is 0.280. The Balaban J connectivity index is 1.59. The average molecular weight is 432 g/mol. The van der Waals surface area contributed by atoms with Gasteiger partial charge in [-0.25, -0.2) is 0 Å². The number of fused-ring (bicyclic) bond motifs is 1. The number of carbonyl (C=O) groups is 2. The molecule has 1 aliphatic carbocycles. The maximum atomic E-state index is 13.6. The molecule has 1 fully saturated rings. The molecule has 164 valence electrons. The van der Waals surface area contributed by atoms with Gasteiger partial charge in [-0.1, -0.05) is 43.2 Å². The van der Waals surface area contributed by atoms with Gasteiger partial charge in [-0.15, -0.1) is 0 Å². The number of anilines is 1. The SMILES string of the molecule is O=C(NC1CCCC1)[C@H](c1ccccc1)N(C(=O)c1ccco1)c1ccc2c(c1)OCO2. The molecule has 5 rings (SSSR count). The van der Waals surface area contributed by atoms with E-state index in [4.69, 9.17) is 13.9 Å². The molecule has 0 radical (unpaired) electrons. The Hall–Kier alpha value is -3.74. The minimum Gasteiger partial charge on any atom is -0.459 e. The molecule has 0 spiro atoms. The molecule has 0 unspecified atom stereocenters. The lowest BCUT2D eigenvalue weighted by Crippen LogP contribution is -2.46. The largest absolute Gasteiger partial charge is 0.459 e. The van der Waals surface area contributed by atoms with Crippen molar-refractivity contribution in [2.45, 2.75) is 37.8 Å². The second-order valence-corrected chi connectivity index (χ2v) is 7.99. The van der Waals surface area contributed by atoms with Gasteiger partial charge in [0.05, 0.1) is 6.26 Å². The molecule has 2 aliphatic rings. The third kappa shape index (κ3) is 3.93. The lowest BCUT2D eigenvalue weighted by molar-refractivity contribution is -0.123. The molecule has 1 atom stereocenters. The van der Waals surface area contributed by atoms with Gasteiger partial charge in [0, 0.05) is 17.8 Å². The topological polar surface area (TPSA) is 81.0 Å². The highest BCUT2D eigenvalue weighted by Crippen LogP contribution is 2.39. The number of carbonyl (C=O) groups excluding carboxylic acids is 2. The van der Waals surface area contributed by atoms with Crippen molar-refractivity contribution in [3.63, 3.8) is 0 Å². The monoisotopic (exact) mass is 432 g/mol. The summed E-state index contributed by atoms with van der Waals surface area (Å²) in [6.45, 7) is 0.120. The molecule has 2 aromatic carbocycles. The molecular weight excluding hydrogens is 408 g/mol. The van der Waals surface area contributed by atoms with E-state index in [0.717, 1.165) is 25.7 Å². The number of hydrogen-bond donors (Lipinski definition) is 1. The van der Waals surface area contributed by atoms with Gasteiger partial charge in [0.2, 0.25) is 12.7 Å². The lowest BCUT2D eigenvalue weighted by Gasteiger charge is -2.32. The molecule has 1 aliphatic heterocycles. The summed E-state index contributed by atoms with van der Waals surface area (Å²) in [7, 11) is 0. The van der Waals surface area contributed by atoms with E-state index in [9.17, 15) is 9.59 Å². The molecule has 2 heterocycles. The summed E-state index contributed by atoms with van der Waals surface area (Å²) in [4.78, 5) is 28.7. The third-order valence-corrected chi connectivity index (χ3v) is 5.91. The number of nitrogens with one attached hydrogen (secondary N) is 1. The molecule has 1 saturated carbocycles. The molecule has 1 N–H and O–H groups in total. The quantitative estimate of drug-likeness (QED) is 0.622. The number of ether oxygens (including phenoxy) is 2. The zero-order valence-electron chi connectivity index (χ0n) is 17.5. The van der Waals surface area contributed by atoms with Gasteiger partial charge in [-0.05, 0) is 42.7 Å². The predicted octanol–water partition coefficient (Wildman–Crippen LogP) is 4.46. The van der Waals surface area contributed by atoms with Crippen LogP contribution in [0.5, 0.6) is 11.5 Å². The standard InChI is InChI=1S/C25H24N2O5/c28-24(26-18-9-4-5-10-18)23(17-7-2-1-3-8-17)27(25(29)21-11-6-14-30-21)19-12-13-20-22(15-19)32-16-31-20/h1-3,6-8,11-15,18,23H,4-5,9-10,16H2,(H,26,28)/t23-/m0/s1. The van der Waals surface area contributed by atoms with Gasteiger partial charge in [0.25, 0.3) is 5.91 Å². The number of nitrogens with zero attached hydrogens (tertiary/aromatic N) is 1. The normalized spacial score (nSPS) is 16.0. The summed E-state index contributed by atoms with van der Waals surface area (Å²) in [6.07, 6.45) is 5.53. The average Bonchev–Trinajstić information content (AvgIpc) is 3.60. The third-order valence-electron chi connectivity index (χ3n) is 5.91. The molecule has 7 heteroatoms. The van der Waals surface area contributed by atoms with Crippen LogP contribution in [-0.2, 0) is 4.79 Å². The molecule has 2 amide bonds. The minimum atomic E-state index is -0.880. The summed E-state index contributed by atoms with van der Waals surface area (Å²) < 4.78 is 16.4. The first kappa shape index (κ1) is 20.2. The Bertz CT molecular complexity index is 1090. The molecule has 0 bridgehead atoms. The van der Waals surface area contributed by atoms with Crippen molar-refractivity contribution in [1.82, 2.24) is 5.32 Å². The van der Waals surface area contributed by atoms with Crippen molar-refractivity contribution in [2.24, 2.45) is 0 Å². The smallest absolute Gasteiger partial charge is 0.294 e. The van der Waals surface area contributed by atoms with Gasteiger partial charge >= 0.3 is 0 Å². The summed E-state index contributed by atoms with van der Waals surface area (Å²) in [6, 6.07) is 17.0. The van der Waals surface area contributed by atoms with E-state index >= 15 is 0 Å². The van der Waals surface area contributed by atoms with Gasteiger partial charge in [0.15, 0.2) is 17.3 Å².